The molecule has 114 valence electrons. The predicted octanol–water partition coefficient (Wildman–Crippen LogP) is 4.07. The molecule has 0 saturated carbocycles. The lowest BCUT2D eigenvalue weighted by atomic mass is 9.86. The lowest BCUT2D eigenvalue weighted by Crippen LogP contribution is -2.30. The molecule has 1 aliphatic rings. The third kappa shape index (κ3) is 3.61. The van der Waals surface area contributed by atoms with E-state index in [-0.39, 0.29) is 11.8 Å². The van der Waals surface area contributed by atoms with Crippen molar-refractivity contribution in [3.05, 3.63) is 58.6 Å². The molecule has 0 bridgehead atoms. The van der Waals surface area contributed by atoms with Crippen molar-refractivity contribution < 1.29 is 4.79 Å². The Morgan fingerprint density at radius 3 is 2.68 bits per heavy atom. The van der Waals surface area contributed by atoms with Gasteiger partial charge in [0.25, 0.3) is 0 Å². The van der Waals surface area contributed by atoms with E-state index < -0.39 is 0 Å². The molecule has 1 aliphatic heterocycles. The number of nitriles is 1. The molecular weight excluding hydrogens is 292 g/mol. The summed E-state index contributed by atoms with van der Waals surface area (Å²) < 4.78 is 0. The quantitative estimate of drug-likeness (QED) is 0.834. The summed E-state index contributed by atoms with van der Waals surface area (Å²) >= 11 is 1.45. The third-order valence-electron chi connectivity index (χ3n) is 3.71. The summed E-state index contributed by atoms with van der Waals surface area (Å²) in [5.74, 6) is 0.934. The van der Waals surface area contributed by atoms with Crippen molar-refractivity contribution in [2.45, 2.75) is 32.1 Å². The fraction of sp³-hybridized carbons (Fsp3) is 0.333. The number of amides is 1. The van der Waals surface area contributed by atoms with Crippen LogP contribution >= 0.6 is 11.8 Å². The summed E-state index contributed by atoms with van der Waals surface area (Å²) in [6.45, 7) is 7.97. The van der Waals surface area contributed by atoms with Crippen LogP contribution in [0.25, 0.3) is 0 Å². The Kier molecular flexibility index (Phi) is 5.46. The van der Waals surface area contributed by atoms with E-state index in [2.05, 4.69) is 43.9 Å². The molecule has 0 radical (unpaired) electrons. The summed E-state index contributed by atoms with van der Waals surface area (Å²) in [4.78, 5) is 12.0. The minimum atomic E-state index is -0.160. The van der Waals surface area contributed by atoms with Crippen molar-refractivity contribution in [1.82, 2.24) is 5.32 Å². The van der Waals surface area contributed by atoms with E-state index >= 15 is 0 Å². The van der Waals surface area contributed by atoms with Crippen molar-refractivity contribution in [2.75, 3.05) is 5.75 Å². The Bertz CT molecular complexity index is 638. The average Bonchev–Trinajstić information content (AvgIpc) is 2.52. The standard InChI is InChI=1S/C18H20N2OS/c1-4-9-22-18-16(11-19)15(10-17(21)20-18)14-7-5-13(6-8-14)12(2)3/h4-8,12,15H,1,9-10H2,2-3H3,(H,20,21)/t15-/m1/s1. The van der Waals surface area contributed by atoms with Gasteiger partial charge in [-0.25, -0.2) is 0 Å². The highest BCUT2D eigenvalue weighted by molar-refractivity contribution is 8.03. The molecule has 0 aliphatic carbocycles. The number of allylic oxidation sites excluding steroid dienone is 1. The highest BCUT2D eigenvalue weighted by atomic mass is 32.2. The summed E-state index contributed by atoms with van der Waals surface area (Å²) in [5, 5.41) is 13.0. The average molecular weight is 312 g/mol. The van der Waals surface area contributed by atoms with Crippen molar-refractivity contribution in [1.29, 1.82) is 5.26 Å². The molecule has 0 spiro atoms. The Hall–Kier alpha value is -1.99. The molecular formula is C18H20N2OS. The zero-order valence-corrected chi connectivity index (χ0v) is 13.7. The van der Waals surface area contributed by atoms with Gasteiger partial charge >= 0.3 is 0 Å². The van der Waals surface area contributed by atoms with Gasteiger partial charge < -0.3 is 5.32 Å². The maximum Gasteiger partial charge on any atom is 0.225 e. The second kappa shape index (κ2) is 7.33. The number of nitrogens with zero attached hydrogens (tertiary/aromatic N) is 1. The van der Waals surface area contributed by atoms with Crippen molar-refractivity contribution >= 4 is 17.7 Å². The Morgan fingerprint density at radius 1 is 1.45 bits per heavy atom. The minimum absolute atomic E-state index is 0.0384. The van der Waals surface area contributed by atoms with Crippen LogP contribution in [0.4, 0.5) is 0 Å². The summed E-state index contributed by atoms with van der Waals surface area (Å²) in [5.41, 5.74) is 2.92. The van der Waals surface area contributed by atoms with Crippen LogP contribution in [0, 0.1) is 11.3 Å². The van der Waals surface area contributed by atoms with Gasteiger partial charge in [0.2, 0.25) is 5.91 Å². The van der Waals surface area contributed by atoms with Crippen LogP contribution in [0.3, 0.4) is 0 Å². The van der Waals surface area contributed by atoms with Crippen LogP contribution in [0.5, 0.6) is 0 Å². The molecule has 1 N–H and O–H groups in total. The van der Waals surface area contributed by atoms with E-state index in [0.29, 0.717) is 28.7 Å². The van der Waals surface area contributed by atoms with Crippen molar-refractivity contribution in [2.24, 2.45) is 0 Å². The first-order valence-corrected chi connectivity index (χ1v) is 8.33. The van der Waals surface area contributed by atoms with Gasteiger partial charge in [0, 0.05) is 18.1 Å². The summed E-state index contributed by atoms with van der Waals surface area (Å²) in [6, 6.07) is 10.5. The lowest BCUT2D eigenvalue weighted by molar-refractivity contribution is -0.120. The van der Waals surface area contributed by atoms with Gasteiger partial charge in [0.15, 0.2) is 0 Å². The number of hydrogen-bond donors (Lipinski definition) is 1. The molecule has 1 heterocycles. The molecule has 0 unspecified atom stereocenters. The molecule has 0 saturated heterocycles. The SMILES string of the molecule is C=CCSC1=C(C#N)[C@@H](c2ccc(C(C)C)cc2)CC(=O)N1. The normalized spacial score (nSPS) is 18.1. The fourth-order valence-electron chi connectivity index (χ4n) is 2.47. The molecule has 1 atom stereocenters. The van der Waals surface area contributed by atoms with E-state index in [4.69, 9.17) is 0 Å². The molecule has 0 aromatic heterocycles. The number of hydrogen-bond acceptors (Lipinski definition) is 3. The van der Waals surface area contributed by atoms with Crippen molar-refractivity contribution in [3.8, 4) is 6.07 Å². The van der Waals surface area contributed by atoms with Crippen LogP contribution < -0.4 is 5.32 Å². The first-order chi connectivity index (χ1) is 10.6. The number of carbonyl (C=O) groups is 1. The smallest absolute Gasteiger partial charge is 0.225 e. The van der Waals surface area contributed by atoms with Crippen molar-refractivity contribution in [3.63, 3.8) is 0 Å². The van der Waals surface area contributed by atoms with Gasteiger partial charge in [-0.3, -0.25) is 4.79 Å². The lowest BCUT2D eigenvalue weighted by Gasteiger charge is -2.25. The van der Waals surface area contributed by atoms with Gasteiger partial charge in [0.1, 0.15) is 0 Å². The highest BCUT2D eigenvalue weighted by Crippen LogP contribution is 2.36. The summed E-state index contributed by atoms with van der Waals surface area (Å²) in [6.07, 6.45) is 2.09. The van der Waals surface area contributed by atoms with Crippen LogP contribution in [0.1, 0.15) is 43.2 Å². The molecule has 22 heavy (non-hydrogen) atoms. The van der Waals surface area contributed by atoms with E-state index in [1.807, 2.05) is 12.1 Å². The van der Waals surface area contributed by atoms with Gasteiger partial charge in [-0.2, -0.15) is 5.26 Å². The highest BCUT2D eigenvalue weighted by Gasteiger charge is 2.29. The number of thioether (sulfide) groups is 1. The van der Waals surface area contributed by atoms with Crippen LogP contribution in [0.2, 0.25) is 0 Å². The monoisotopic (exact) mass is 312 g/mol. The predicted molar refractivity (Wildman–Crippen MR) is 91.3 cm³/mol. The Labute approximate surface area is 136 Å². The topological polar surface area (TPSA) is 52.9 Å². The zero-order chi connectivity index (χ0) is 16.1. The van der Waals surface area contributed by atoms with Crippen LogP contribution in [-0.4, -0.2) is 11.7 Å². The first kappa shape index (κ1) is 16.4. The van der Waals surface area contributed by atoms with E-state index in [1.165, 1.54) is 17.3 Å². The van der Waals surface area contributed by atoms with E-state index in [9.17, 15) is 10.1 Å². The maximum absolute atomic E-state index is 12.0. The van der Waals surface area contributed by atoms with Gasteiger partial charge in [-0.15, -0.1) is 18.3 Å². The fourth-order valence-corrected chi connectivity index (χ4v) is 3.29. The Balaban J connectivity index is 2.36. The second-order valence-electron chi connectivity index (χ2n) is 5.58. The molecule has 1 aromatic carbocycles. The summed E-state index contributed by atoms with van der Waals surface area (Å²) in [7, 11) is 0. The molecule has 4 heteroatoms. The minimum Gasteiger partial charge on any atom is -0.320 e. The van der Waals surface area contributed by atoms with Gasteiger partial charge in [0.05, 0.1) is 16.7 Å². The van der Waals surface area contributed by atoms with E-state index in [0.717, 1.165) is 5.56 Å². The Morgan fingerprint density at radius 2 is 2.14 bits per heavy atom. The number of nitrogens with one attached hydrogen (secondary N) is 1. The van der Waals surface area contributed by atoms with Gasteiger partial charge in [-0.05, 0) is 17.0 Å². The number of carbonyl (C=O) groups excluding carboxylic acids is 1. The molecule has 0 fully saturated rings. The van der Waals surface area contributed by atoms with Crippen LogP contribution in [0.15, 0.2) is 47.5 Å². The largest absolute Gasteiger partial charge is 0.320 e. The zero-order valence-electron chi connectivity index (χ0n) is 12.9. The third-order valence-corrected chi connectivity index (χ3v) is 4.72. The van der Waals surface area contributed by atoms with E-state index in [1.54, 1.807) is 6.08 Å². The van der Waals surface area contributed by atoms with Gasteiger partial charge in [-0.1, -0.05) is 44.2 Å². The first-order valence-electron chi connectivity index (χ1n) is 7.34. The molecule has 3 nitrogen and oxygen atoms in total. The number of rotatable bonds is 5. The second-order valence-corrected chi connectivity index (χ2v) is 6.61. The molecule has 2 rings (SSSR count). The maximum atomic E-state index is 12.0. The number of benzene rings is 1. The molecule has 1 aromatic rings. The molecule has 1 amide bonds. The van der Waals surface area contributed by atoms with Crippen LogP contribution in [-0.2, 0) is 4.79 Å².